The SMILES string of the molecule is CCCCC(CC)NCC1CC2CCC1O2. The van der Waals surface area contributed by atoms with Crippen LogP contribution in [0.4, 0.5) is 0 Å². The maximum Gasteiger partial charge on any atom is 0.0621 e. The van der Waals surface area contributed by atoms with E-state index >= 15 is 0 Å². The number of rotatable bonds is 7. The first-order chi connectivity index (χ1) is 7.83. The Morgan fingerprint density at radius 2 is 2.19 bits per heavy atom. The summed E-state index contributed by atoms with van der Waals surface area (Å²) in [5.74, 6) is 0.800. The molecule has 16 heavy (non-hydrogen) atoms. The zero-order valence-corrected chi connectivity index (χ0v) is 10.9. The Labute approximate surface area is 100 Å². The van der Waals surface area contributed by atoms with Crippen LogP contribution in [0, 0.1) is 5.92 Å². The summed E-state index contributed by atoms with van der Waals surface area (Å²) in [6.45, 7) is 5.75. The van der Waals surface area contributed by atoms with E-state index in [1.165, 1.54) is 51.5 Å². The van der Waals surface area contributed by atoms with Gasteiger partial charge in [0.25, 0.3) is 0 Å². The molecule has 0 aliphatic carbocycles. The van der Waals surface area contributed by atoms with E-state index in [4.69, 9.17) is 4.74 Å². The van der Waals surface area contributed by atoms with Crippen molar-refractivity contribution in [3.63, 3.8) is 0 Å². The molecule has 0 radical (unpaired) electrons. The van der Waals surface area contributed by atoms with Gasteiger partial charge < -0.3 is 10.1 Å². The van der Waals surface area contributed by atoms with Crippen LogP contribution in [0.2, 0.25) is 0 Å². The van der Waals surface area contributed by atoms with Gasteiger partial charge in [-0.05, 0) is 32.1 Å². The standard InChI is InChI=1S/C14H27NO/c1-3-5-6-12(4-2)15-10-11-9-13-7-8-14(11)16-13/h11-15H,3-10H2,1-2H3. The largest absolute Gasteiger partial charge is 0.375 e. The van der Waals surface area contributed by atoms with E-state index in [1.54, 1.807) is 0 Å². The van der Waals surface area contributed by atoms with Crippen molar-refractivity contribution in [2.45, 2.75) is 77.0 Å². The first kappa shape index (κ1) is 12.4. The third-order valence-corrected chi connectivity index (χ3v) is 4.30. The molecule has 0 spiro atoms. The number of nitrogens with one attached hydrogen (secondary N) is 1. The lowest BCUT2D eigenvalue weighted by molar-refractivity contribution is 0.0918. The fourth-order valence-corrected chi connectivity index (χ4v) is 3.18. The molecule has 4 atom stereocenters. The molecule has 2 heterocycles. The molecule has 0 saturated carbocycles. The fourth-order valence-electron chi connectivity index (χ4n) is 3.18. The van der Waals surface area contributed by atoms with Crippen molar-refractivity contribution in [1.29, 1.82) is 0 Å². The van der Waals surface area contributed by atoms with Crippen LogP contribution in [-0.2, 0) is 4.74 Å². The van der Waals surface area contributed by atoms with Crippen molar-refractivity contribution < 1.29 is 4.74 Å². The van der Waals surface area contributed by atoms with Gasteiger partial charge in [-0.25, -0.2) is 0 Å². The molecule has 0 amide bonds. The van der Waals surface area contributed by atoms with E-state index in [0.29, 0.717) is 12.2 Å². The summed E-state index contributed by atoms with van der Waals surface area (Å²) >= 11 is 0. The maximum absolute atomic E-state index is 5.89. The molecule has 2 bridgehead atoms. The number of unbranched alkanes of at least 4 members (excludes halogenated alkanes) is 1. The minimum Gasteiger partial charge on any atom is -0.375 e. The van der Waals surface area contributed by atoms with Gasteiger partial charge >= 0.3 is 0 Å². The predicted molar refractivity (Wildman–Crippen MR) is 67.6 cm³/mol. The van der Waals surface area contributed by atoms with Crippen LogP contribution in [0.15, 0.2) is 0 Å². The molecule has 0 aromatic carbocycles. The van der Waals surface area contributed by atoms with Crippen molar-refractivity contribution in [2.75, 3.05) is 6.54 Å². The fraction of sp³-hybridized carbons (Fsp3) is 1.00. The van der Waals surface area contributed by atoms with Crippen LogP contribution in [0.3, 0.4) is 0 Å². The second-order valence-electron chi connectivity index (χ2n) is 5.53. The Balaban J connectivity index is 1.65. The molecular weight excluding hydrogens is 198 g/mol. The molecule has 0 aromatic heterocycles. The van der Waals surface area contributed by atoms with Crippen LogP contribution in [0.5, 0.6) is 0 Å². The molecule has 2 rings (SSSR count). The third kappa shape index (κ3) is 2.98. The topological polar surface area (TPSA) is 21.3 Å². The van der Waals surface area contributed by atoms with E-state index < -0.39 is 0 Å². The Morgan fingerprint density at radius 3 is 2.75 bits per heavy atom. The van der Waals surface area contributed by atoms with Gasteiger partial charge in [-0.2, -0.15) is 0 Å². The van der Waals surface area contributed by atoms with Gasteiger partial charge in [-0.3, -0.25) is 0 Å². The highest BCUT2D eigenvalue weighted by atomic mass is 16.5. The Morgan fingerprint density at radius 1 is 1.31 bits per heavy atom. The Hall–Kier alpha value is -0.0800. The number of fused-ring (bicyclic) bond motifs is 2. The van der Waals surface area contributed by atoms with Gasteiger partial charge in [0.1, 0.15) is 0 Å². The average molecular weight is 225 g/mol. The van der Waals surface area contributed by atoms with E-state index in [9.17, 15) is 0 Å². The molecular formula is C14H27NO. The van der Waals surface area contributed by atoms with E-state index in [2.05, 4.69) is 19.2 Å². The average Bonchev–Trinajstić information content (AvgIpc) is 2.91. The summed E-state index contributed by atoms with van der Waals surface area (Å²) in [6.07, 6.45) is 10.4. The smallest absolute Gasteiger partial charge is 0.0621 e. The van der Waals surface area contributed by atoms with E-state index in [-0.39, 0.29) is 0 Å². The second-order valence-corrected chi connectivity index (χ2v) is 5.53. The number of ether oxygens (including phenoxy) is 1. The monoisotopic (exact) mass is 225 g/mol. The molecule has 94 valence electrons. The van der Waals surface area contributed by atoms with Crippen LogP contribution < -0.4 is 5.32 Å². The highest BCUT2D eigenvalue weighted by molar-refractivity contribution is 4.90. The molecule has 2 saturated heterocycles. The van der Waals surface area contributed by atoms with Crippen LogP contribution >= 0.6 is 0 Å². The van der Waals surface area contributed by atoms with Crippen molar-refractivity contribution in [3.8, 4) is 0 Å². The first-order valence-electron chi connectivity index (χ1n) is 7.22. The lowest BCUT2D eigenvalue weighted by Crippen LogP contribution is -2.36. The van der Waals surface area contributed by atoms with Crippen molar-refractivity contribution in [1.82, 2.24) is 5.32 Å². The van der Waals surface area contributed by atoms with Crippen LogP contribution in [-0.4, -0.2) is 24.8 Å². The molecule has 2 aliphatic heterocycles. The van der Waals surface area contributed by atoms with E-state index in [0.717, 1.165) is 12.0 Å². The van der Waals surface area contributed by atoms with Gasteiger partial charge in [0.05, 0.1) is 12.2 Å². The summed E-state index contributed by atoms with van der Waals surface area (Å²) in [5, 5.41) is 3.75. The van der Waals surface area contributed by atoms with Crippen LogP contribution in [0.25, 0.3) is 0 Å². The Kier molecular flexibility index (Phi) is 4.66. The van der Waals surface area contributed by atoms with Gasteiger partial charge in [-0.1, -0.05) is 26.7 Å². The van der Waals surface area contributed by atoms with Gasteiger partial charge in [0, 0.05) is 18.5 Å². The minimum atomic E-state index is 0.584. The molecule has 2 aliphatic rings. The summed E-state index contributed by atoms with van der Waals surface area (Å²) < 4.78 is 5.89. The van der Waals surface area contributed by atoms with Crippen molar-refractivity contribution >= 4 is 0 Å². The lowest BCUT2D eigenvalue weighted by atomic mass is 9.89. The molecule has 0 aromatic rings. The highest BCUT2D eigenvalue weighted by Crippen LogP contribution is 2.38. The summed E-state index contributed by atoms with van der Waals surface area (Å²) in [4.78, 5) is 0. The Bertz CT molecular complexity index is 207. The third-order valence-electron chi connectivity index (χ3n) is 4.30. The summed E-state index contributed by atoms with van der Waals surface area (Å²) in [5.41, 5.74) is 0. The zero-order valence-electron chi connectivity index (χ0n) is 10.9. The molecule has 1 N–H and O–H groups in total. The van der Waals surface area contributed by atoms with E-state index in [1.807, 2.05) is 0 Å². The molecule has 2 nitrogen and oxygen atoms in total. The van der Waals surface area contributed by atoms with Crippen molar-refractivity contribution in [3.05, 3.63) is 0 Å². The zero-order chi connectivity index (χ0) is 11.4. The van der Waals surface area contributed by atoms with Gasteiger partial charge in [0.15, 0.2) is 0 Å². The quantitative estimate of drug-likeness (QED) is 0.719. The highest BCUT2D eigenvalue weighted by Gasteiger charge is 2.40. The van der Waals surface area contributed by atoms with Gasteiger partial charge in [-0.15, -0.1) is 0 Å². The van der Waals surface area contributed by atoms with Crippen LogP contribution in [0.1, 0.15) is 58.8 Å². The molecule has 2 heteroatoms. The van der Waals surface area contributed by atoms with Crippen molar-refractivity contribution in [2.24, 2.45) is 5.92 Å². The number of hydrogen-bond acceptors (Lipinski definition) is 2. The maximum atomic E-state index is 5.89. The molecule has 2 fully saturated rings. The summed E-state index contributed by atoms with van der Waals surface area (Å²) in [7, 11) is 0. The lowest BCUT2D eigenvalue weighted by Gasteiger charge is -2.23. The molecule has 4 unspecified atom stereocenters. The predicted octanol–water partition coefficient (Wildman–Crippen LogP) is 3.11. The number of hydrogen-bond donors (Lipinski definition) is 1. The normalized spacial score (nSPS) is 34.5. The minimum absolute atomic E-state index is 0.584. The first-order valence-corrected chi connectivity index (χ1v) is 7.22. The summed E-state index contributed by atoms with van der Waals surface area (Å²) in [6, 6.07) is 0.735. The van der Waals surface area contributed by atoms with Gasteiger partial charge in [0.2, 0.25) is 0 Å². The second kappa shape index (κ2) is 6.02.